The number of halogens is 1. The first-order chi connectivity index (χ1) is 9.49. The zero-order chi connectivity index (χ0) is 14.4. The van der Waals surface area contributed by atoms with Gasteiger partial charge in [0, 0.05) is 5.69 Å². The molecule has 3 rings (SSSR count). The summed E-state index contributed by atoms with van der Waals surface area (Å²) in [4.78, 5) is 27.2. The van der Waals surface area contributed by atoms with Gasteiger partial charge in [-0.1, -0.05) is 6.07 Å². The summed E-state index contributed by atoms with van der Waals surface area (Å²) in [6.45, 7) is 1.54. The van der Waals surface area contributed by atoms with E-state index < -0.39 is 23.8 Å². The first-order valence-electron chi connectivity index (χ1n) is 5.89. The second-order valence-corrected chi connectivity index (χ2v) is 4.48. The Kier molecular flexibility index (Phi) is 2.56. The van der Waals surface area contributed by atoms with E-state index in [1.807, 2.05) is 0 Å². The number of carboxylic acid groups (broad SMARTS) is 1. The highest BCUT2D eigenvalue weighted by Gasteiger charge is 2.17. The van der Waals surface area contributed by atoms with E-state index in [0.717, 1.165) is 4.52 Å². The third-order valence-corrected chi connectivity index (χ3v) is 3.18. The molecular formula is C13H10FN3O3. The largest absolute Gasteiger partial charge is 0.481 e. The number of aromatic nitrogens is 3. The highest BCUT2D eigenvalue weighted by atomic mass is 19.1. The molecule has 0 aliphatic carbocycles. The molecule has 0 unspecified atom stereocenters. The maximum absolute atomic E-state index is 13.9. The van der Waals surface area contributed by atoms with Crippen molar-refractivity contribution in [2.45, 2.75) is 13.3 Å². The lowest BCUT2D eigenvalue weighted by Crippen LogP contribution is -2.23. The summed E-state index contributed by atoms with van der Waals surface area (Å²) in [5.41, 5.74) is 0.449. The van der Waals surface area contributed by atoms with Gasteiger partial charge < -0.3 is 5.11 Å². The Labute approximate surface area is 111 Å². The maximum Gasteiger partial charge on any atom is 0.308 e. The fraction of sp³-hybridized carbons (Fsp3) is 0.154. The van der Waals surface area contributed by atoms with E-state index >= 15 is 0 Å². The number of aromatic amines is 1. The molecule has 0 radical (unpaired) electrons. The summed E-state index contributed by atoms with van der Waals surface area (Å²) in [6.07, 6.45) is -0.418. The van der Waals surface area contributed by atoms with Gasteiger partial charge in [-0.05, 0) is 19.1 Å². The normalized spacial score (nSPS) is 11.3. The van der Waals surface area contributed by atoms with Crippen molar-refractivity contribution in [2.24, 2.45) is 0 Å². The molecule has 3 aromatic rings. The number of nitrogens with zero attached hydrogens (tertiary/aromatic N) is 2. The summed E-state index contributed by atoms with van der Waals surface area (Å²) in [5, 5.41) is 11.8. The fourth-order valence-electron chi connectivity index (χ4n) is 2.25. The molecule has 0 spiro atoms. The monoisotopic (exact) mass is 275 g/mol. The molecule has 6 nitrogen and oxygen atoms in total. The highest BCUT2D eigenvalue weighted by Crippen LogP contribution is 2.20. The van der Waals surface area contributed by atoms with Crippen molar-refractivity contribution in [2.75, 3.05) is 0 Å². The number of fused-ring (bicyclic) bond motifs is 3. The number of carbonyl (C=O) groups is 1. The molecule has 0 aliphatic heterocycles. The minimum absolute atomic E-state index is 0.0852. The molecule has 0 fully saturated rings. The average molecular weight is 275 g/mol. The summed E-state index contributed by atoms with van der Waals surface area (Å²) >= 11 is 0. The van der Waals surface area contributed by atoms with Crippen LogP contribution in [-0.4, -0.2) is 25.7 Å². The number of hydrogen-bond acceptors (Lipinski definition) is 3. The van der Waals surface area contributed by atoms with Gasteiger partial charge in [-0.2, -0.15) is 0 Å². The second kappa shape index (κ2) is 4.16. The Morgan fingerprint density at radius 3 is 2.95 bits per heavy atom. The van der Waals surface area contributed by atoms with Crippen LogP contribution in [0.1, 0.15) is 11.3 Å². The van der Waals surface area contributed by atoms with Crippen LogP contribution in [0.5, 0.6) is 0 Å². The van der Waals surface area contributed by atoms with Crippen molar-refractivity contribution < 1.29 is 14.3 Å². The van der Waals surface area contributed by atoms with E-state index in [9.17, 15) is 14.0 Å². The molecule has 0 saturated heterocycles. The summed E-state index contributed by atoms with van der Waals surface area (Å²) in [5.74, 6) is -1.60. The van der Waals surface area contributed by atoms with Crippen molar-refractivity contribution in [3.63, 3.8) is 0 Å². The quantitative estimate of drug-likeness (QED) is 0.736. The van der Waals surface area contributed by atoms with Crippen LogP contribution < -0.4 is 5.56 Å². The molecule has 2 aromatic heterocycles. The van der Waals surface area contributed by atoms with Crippen molar-refractivity contribution in [3.05, 3.63) is 45.6 Å². The first-order valence-corrected chi connectivity index (χ1v) is 5.89. The van der Waals surface area contributed by atoms with Crippen LogP contribution >= 0.6 is 0 Å². The second-order valence-electron chi connectivity index (χ2n) is 4.48. The molecular weight excluding hydrogens is 265 g/mol. The number of benzene rings is 1. The lowest BCUT2D eigenvalue weighted by Gasteiger charge is -2.02. The molecule has 2 N–H and O–H groups in total. The highest BCUT2D eigenvalue weighted by molar-refractivity contribution is 5.92. The molecule has 102 valence electrons. The molecule has 0 atom stereocenters. The maximum atomic E-state index is 13.9. The standard InChI is InChI=1S/C13H10FN3O3/c1-6-7(5-10(18)19)13(20)17-12(15-6)11-8(14)3-2-4-9(11)16-17/h2-4,16H,5H2,1H3,(H,18,19). The number of aliphatic carboxylic acids is 1. The number of H-pyrrole nitrogens is 1. The zero-order valence-corrected chi connectivity index (χ0v) is 10.5. The molecule has 0 saturated carbocycles. The van der Waals surface area contributed by atoms with E-state index in [2.05, 4.69) is 10.1 Å². The minimum atomic E-state index is -1.12. The Morgan fingerprint density at radius 2 is 2.25 bits per heavy atom. The Balaban J connectivity index is 2.46. The minimum Gasteiger partial charge on any atom is -0.481 e. The Bertz CT molecular complexity index is 910. The Hall–Kier alpha value is -2.70. The predicted molar refractivity (Wildman–Crippen MR) is 69.4 cm³/mol. The molecule has 1 aromatic carbocycles. The molecule has 2 heterocycles. The van der Waals surface area contributed by atoms with Crippen LogP contribution in [0.2, 0.25) is 0 Å². The average Bonchev–Trinajstić information content (AvgIpc) is 2.74. The lowest BCUT2D eigenvalue weighted by atomic mass is 10.1. The number of carboxylic acids is 1. The van der Waals surface area contributed by atoms with Gasteiger partial charge in [-0.3, -0.25) is 14.7 Å². The number of nitrogens with one attached hydrogen (secondary N) is 1. The summed E-state index contributed by atoms with van der Waals surface area (Å²) < 4.78 is 14.9. The zero-order valence-electron chi connectivity index (χ0n) is 10.5. The fourth-order valence-corrected chi connectivity index (χ4v) is 2.25. The Morgan fingerprint density at radius 1 is 1.50 bits per heavy atom. The molecule has 0 bridgehead atoms. The van der Waals surface area contributed by atoms with Crippen molar-refractivity contribution >= 4 is 22.5 Å². The molecule has 0 aliphatic rings. The van der Waals surface area contributed by atoms with Crippen molar-refractivity contribution in [1.29, 1.82) is 0 Å². The van der Waals surface area contributed by atoms with Gasteiger partial charge in [0.2, 0.25) is 0 Å². The third-order valence-electron chi connectivity index (χ3n) is 3.18. The van der Waals surface area contributed by atoms with Crippen LogP contribution in [0, 0.1) is 12.7 Å². The van der Waals surface area contributed by atoms with Gasteiger partial charge >= 0.3 is 5.97 Å². The van der Waals surface area contributed by atoms with Crippen molar-refractivity contribution in [1.82, 2.24) is 14.6 Å². The van der Waals surface area contributed by atoms with Crippen LogP contribution in [-0.2, 0) is 11.2 Å². The van der Waals surface area contributed by atoms with E-state index in [4.69, 9.17) is 5.11 Å². The summed E-state index contributed by atoms with van der Waals surface area (Å²) in [7, 11) is 0. The van der Waals surface area contributed by atoms with E-state index in [1.165, 1.54) is 12.1 Å². The van der Waals surface area contributed by atoms with Gasteiger partial charge in [0.15, 0.2) is 5.65 Å². The van der Waals surface area contributed by atoms with E-state index in [0.29, 0.717) is 11.2 Å². The number of aryl methyl sites for hydroxylation is 1. The number of hydrogen-bond donors (Lipinski definition) is 2. The lowest BCUT2D eigenvalue weighted by molar-refractivity contribution is -0.136. The summed E-state index contributed by atoms with van der Waals surface area (Å²) in [6, 6.07) is 4.42. The third kappa shape index (κ3) is 1.67. The van der Waals surface area contributed by atoms with Crippen LogP contribution in [0.4, 0.5) is 4.39 Å². The van der Waals surface area contributed by atoms with E-state index in [-0.39, 0.29) is 16.6 Å². The first kappa shape index (κ1) is 12.3. The molecule has 20 heavy (non-hydrogen) atoms. The van der Waals surface area contributed by atoms with Gasteiger partial charge in [-0.15, -0.1) is 0 Å². The van der Waals surface area contributed by atoms with E-state index in [1.54, 1.807) is 13.0 Å². The van der Waals surface area contributed by atoms with Crippen LogP contribution in [0.3, 0.4) is 0 Å². The van der Waals surface area contributed by atoms with Gasteiger partial charge in [-0.25, -0.2) is 13.9 Å². The topological polar surface area (TPSA) is 87.5 Å². The van der Waals surface area contributed by atoms with Crippen LogP contribution in [0.15, 0.2) is 23.0 Å². The van der Waals surface area contributed by atoms with Gasteiger partial charge in [0.25, 0.3) is 5.56 Å². The number of rotatable bonds is 2. The van der Waals surface area contributed by atoms with Gasteiger partial charge in [0.05, 0.1) is 22.9 Å². The predicted octanol–water partition coefficient (Wildman–Crippen LogP) is 1.25. The smallest absolute Gasteiger partial charge is 0.308 e. The van der Waals surface area contributed by atoms with Crippen molar-refractivity contribution in [3.8, 4) is 0 Å². The van der Waals surface area contributed by atoms with Crippen LogP contribution in [0.25, 0.3) is 16.6 Å². The van der Waals surface area contributed by atoms with Gasteiger partial charge in [0.1, 0.15) is 5.82 Å². The molecule has 7 heteroatoms. The SMILES string of the molecule is Cc1nc2c3c(F)cccc3[nH]n2c(=O)c1CC(=O)O. The molecule has 0 amide bonds.